The molecule has 0 saturated carbocycles. The number of ether oxygens (including phenoxy) is 3. The van der Waals surface area contributed by atoms with E-state index in [1.54, 1.807) is 14.0 Å². The Kier molecular flexibility index (Phi) is 6.85. The molecule has 4 nitrogen and oxygen atoms in total. The summed E-state index contributed by atoms with van der Waals surface area (Å²) in [5, 5.41) is 0. The van der Waals surface area contributed by atoms with Crippen LogP contribution in [0.5, 0.6) is 0 Å². The van der Waals surface area contributed by atoms with E-state index in [1.165, 1.54) is 5.56 Å². The van der Waals surface area contributed by atoms with Gasteiger partial charge in [0.15, 0.2) is 6.29 Å². The summed E-state index contributed by atoms with van der Waals surface area (Å²) in [5.41, 5.74) is 2.33. The summed E-state index contributed by atoms with van der Waals surface area (Å²) in [7, 11) is 1.57. The van der Waals surface area contributed by atoms with Gasteiger partial charge >= 0.3 is 5.97 Å². The SMILES string of the molecule is COC(C)OCCOC(=O)Cc1ccc(C(C)(C)C)cc1. The Morgan fingerprint density at radius 1 is 1.14 bits per heavy atom. The molecule has 0 aliphatic heterocycles. The van der Waals surface area contributed by atoms with E-state index in [0.29, 0.717) is 6.61 Å². The molecule has 0 N–H and O–H groups in total. The van der Waals surface area contributed by atoms with E-state index in [9.17, 15) is 4.79 Å². The van der Waals surface area contributed by atoms with Crippen LogP contribution in [-0.4, -0.2) is 32.6 Å². The maximum absolute atomic E-state index is 11.7. The first-order valence-corrected chi connectivity index (χ1v) is 7.22. The van der Waals surface area contributed by atoms with E-state index < -0.39 is 0 Å². The zero-order chi connectivity index (χ0) is 15.9. The van der Waals surface area contributed by atoms with E-state index in [1.807, 2.05) is 12.1 Å². The van der Waals surface area contributed by atoms with Crippen LogP contribution in [0.2, 0.25) is 0 Å². The Morgan fingerprint density at radius 3 is 2.29 bits per heavy atom. The molecule has 21 heavy (non-hydrogen) atoms. The molecule has 1 rings (SSSR count). The van der Waals surface area contributed by atoms with Gasteiger partial charge in [0.1, 0.15) is 6.61 Å². The molecule has 0 fully saturated rings. The second-order valence-electron chi connectivity index (χ2n) is 6.02. The average molecular weight is 294 g/mol. The van der Waals surface area contributed by atoms with Crippen LogP contribution in [0.15, 0.2) is 24.3 Å². The molecule has 0 aliphatic carbocycles. The van der Waals surface area contributed by atoms with E-state index in [2.05, 4.69) is 32.9 Å². The summed E-state index contributed by atoms with van der Waals surface area (Å²) < 4.78 is 15.3. The first kappa shape index (κ1) is 17.7. The van der Waals surface area contributed by atoms with Gasteiger partial charge in [0, 0.05) is 7.11 Å². The highest BCUT2D eigenvalue weighted by Crippen LogP contribution is 2.22. The molecular weight excluding hydrogens is 268 g/mol. The fourth-order valence-electron chi connectivity index (χ4n) is 1.78. The third-order valence-electron chi connectivity index (χ3n) is 3.20. The summed E-state index contributed by atoms with van der Waals surface area (Å²) in [4.78, 5) is 11.7. The molecule has 0 radical (unpaired) electrons. The van der Waals surface area contributed by atoms with Crippen molar-refractivity contribution in [3.8, 4) is 0 Å². The predicted octanol–water partition coefficient (Wildman–Crippen LogP) is 3.08. The van der Waals surface area contributed by atoms with Gasteiger partial charge in [0.25, 0.3) is 0 Å². The second-order valence-corrected chi connectivity index (χ2v) is 6.02. The molecule has 1 atom stereocenters. The van der Waals surface area contributed by atoms with Crippen molar-refractivity contribution in [1.29, 1.82) is 0 Å². The molecule has 118 valence electrons. The van der Waals surface area contributed by atoms with Crippen molar-refractivity contribution in [1.82, 2.24) is 0 Å². The number of carbonyl (C=O) groups is 1. The minimum absolute atomic E-state index is 0.119. The van der Waals surface area contributed by atoms with Crippen LogP contribution in [0.3, 0.4) is 0 Å². The first-order valence-electron chi connectivity index (χ1n) is 7.22. The van der Waals surface area contributed by atoms with Gasteiger partial charge in [-0.2, -0.15) is 0 Å². The molecular formula is C17H26O4. The van der Waals surface area contributed by atoms with Gasteiger partial charge in [-0.3, -0.25) is 4.79 Å². The highest BCUT2D eigenvalue weighted by atomic mass is 16.7. The molecule has 0 heterocycles. The molecule has 0 bridgehead atoms. The van der Waals surface area contributed by atoms with Crippen molar-refractivity contribution in [2.24, 2.45) is 0 Å². The number of carbonyl (C=O) groups excluding carboxylic acids is 1. The lowest BCUT2D eigenvalue weighted by Crippen LogP contribution is -2.17. The standard InChI is InChI=1S/C17H26O4/c1-13(19-5)20-10-11-21-16(18)12-14-6-8-15(9-7-14)17(2,3)4/h6-9,13H,10-12H2,1-5H3. The second kappa shape index (κ2) is 8.15. The number of hydrogen-bond donors (Lipinski definition) is 0. The molecule has 1 aromatic carbocycles. The lowest BCUT2D eigenvalue weighted by atomic mass is 9.86. The molecule has 0 aromatic heterocycles. The highest BCUT2D eigenvalue weighted by molar-refractivity contribution is 5.72. The van der Waals surface area contributed by atoms with Gasteiger partial charge in [-0.05, 0) is 23.5 Å². The van der Waals surface area contributed by atoms with Crippen LogP contribution >= 0.6 is 0 Å². The number of rotatable bonds is 7. The van der Waals surface area contributed by atoms with Crippen molar-refractivity contribution in [3.63, 3.8) is 0 Å². The number of methoxy groups -OCH3 is 1. The van der Waals surface area contributed by atoms with Crippen molar-refractivity contribution < 1.29 is 19.0 Å². The fourth-order valence-corrected chi connectivity index (χ4v) is 1.78. The predicted molar refractivity (Wildman–Crippen MR) is 82.2 cm³/mol. The molecule has 1 aromatic rings. The van der Waals surface area contributed by atoms with Gasteiger partial charge < -0.3 is 14.2 Å². The third kappa shape index (κ3) is 6.74. The monoisotopic (exact) mass is 294 g/mol. The van der Waals surface area contributed by atoms with Gasteiger partial charge in [0.2, 0.25) is 0 Å². The topological polar surface area (TPSA) is 44.8 Å². The Labute approximate surface area is 127 Å². The molecule has 1 unspecified atom stereocenters. The van der Waals surface area contributed by atoms with Crippen LogP contribution in [0, 0.1) is 0 Å². The molecule has 0 amide bonds. The minimum Gasteiger partial charge on any atom is -0.463 e. The summed E-state index contributed by atoms with van der Waals surface area (Å²) in [6, 6.07) is 8.08. The maximum atomic E-state index is 11.7. The zero-order valence-electron chi connectivity index (χ0n) is 13.6. The normalized spacial score (nSPS) is 13.0. The quantitative estimate of drug-likeness (QED) is 0.440. The van der Waals surface area contributed by atoms with Gasteiger partial charge in [-0.25, -0.2) is 0 Å². The summed E-state index contributed by atoms with van der Waals surface area (Å²) >= 11 is 0. The summed E-state index contributed by atoms with van der Waals surface area (Å²) in [6.45, 7) is 8.86. The Bertz CT molecular complexity index is 431. The lowest BCUT2D eigenvalue weighted by Gasteiger charge is -2.19. The minimum atomic E-state index is -0.284. The molecule has 4 heteroatoms. The third-order valence-corrected chi connectivity index (χ3v) is 3.20. The van der Waals surface area contributed by atoms with E-state index in [-0.39, 0.29) is 30.7 Å². The Morgan fingerprint density at radius 2 is 1.76 bits per heavy atom. The largest absolute Gasteiger partial charge is 0.463 e. The summed E-state index contributed by atoms with van der Waals surface area (Å²) in [5.74, 6) is -0.243. The number of hydrogen-bond acceptors (Lipinski definition) is 4. The van der Waals surface area contributed by atoms with Crippen LogP contribution in [0.25, 0.3) is 0 Å². The lowest BCUT2D eigenvalue weighted by molar-refractivity contribution is -0.151. The van der Waals surface area contributed by atoms with Gasteiger partial charge in [0.05, 0.1) is 13.0 Å². The van der Waals surface area contributed by atoms with Crippen LogP contribution in [-0.2, 0) is 30.8 Å². The van der Waals surface area contributed by atoms with Crippen molar-refractivity contribution in [2.45, 2.75) is 45.8 Å². The highest BCUT2D eigenvalue weighted by Gasteiger charge is 2.13. The molecule has 0 spiro atoms. The maximum Gasteiger partial charge on any atom is 0.310 e. The van der Waals surface area contributed by atoms with E-state index in [4.69, 9.17) is 14.2 Å². The molecule has 0 saturated heterocycles. The van der Waals surface area contributed by atoms with E-state index >= 15 is 0 Å². The van der Waals surface area contributed by atoms with Crippen LogP contribution in [0.1, 0.15) is 38.8 Å². The zero-order valence-corrected chi connectivity index (χ0v) is 13.6. The van der Waals surface area contributed by atoms with Crippen molar-refractivity contribution in [2.75, 3.05) is 20.3 Å². The van der Waals surface area contributed by atoms with E-state index in [0.717, 1.165) is 5.56 Å². The number of esters is 1. The van der Waals surface area contributed by atoms with Crippen molar-refractivity contribution in [3.05, 3.63) is 35.4 Å². The average Bonchev–Trinajstić information content (AvgIpc) is 2.43. The Balaban J connectivity index is 2.35. The van der Waals surface area contributed by atoms with Crippen LogP contribution in [0.4, 0.5) is 0 Å². The first-order chi connectivity index (χ1) is 9.82. The fraction of sp³-hybridized carbons (Fsp3) is 0.588. The van der Waals surface area contributed by atoms with Crippen molar-refractivity contribution >= 4 is 5.97 Å². The van der Waals surface area contributed by atoms with Gasteiger partial charge in [-0.1, -0.05) is 45.0 Å². The van der Waals surface area contributed by atoms with Crippen LogP contribution < -0.4 is 0 Å². The smallest absolute Gasteiger partial charge is 0.310 e. The summed E-state index contributed by atoms with van der Waals surface area (Å²) in [6.07, 6.45) is -0.00166. The molecule has 0 aliphatic rings. The number of benzene rings is 1. The Hall–Kier alpha value is -1.39. The van der Waals surface area contributed by atoms with Gasteiger partial charge in [-0.15, -0.1) is 0 Å².